The van der Waals surface area contributed by atoms with Crippen LogP contribution in [0.25, 0.3) is 0 Å². The van der Waals surface area contributed by atoms with Crippen LogP contribution in [0.4, 0.5) is 4.79 Å². The van der Waals surface area contributed by atoms with Crippen molar-refractivity contribution in [1.82, 2.24) is 4.90 Å². The Labute approximate surface area is 95.3 Å². The van der Waals surface area contributed by atoms with E-state index in [2.05, 4.69) is 6.92 Å². The summed E-state index contributed by atoms with van der Waals surface area (Å²) in [7, 11) is 1.37. The molecule has 4 unspecified atom stereocenters. The first-order chi connectivity index (χ1) is 7.69. The number of likely N-dealkylation sites (tertiary alicyclic amines) is 1. The first-order valence-electron chi connectivity index (χ1n) is 5.83. The molecule has 2 aliphatic heterocycles. The minimum Gasteiger partial charge on any atom is -0.453 e. The van der Waals surface area contributed by atoms with E-state index in [-0.39, 0.29) is 18.2 Å². The number of aliphatic hydroxyl groups excluding tert-OH is 1. The lowest BCUT2D eigenvalue weighted by Crippen LogP contribution is -2.43. The molecule has 0 aromatic heterocycles. The highest BCUT2D eigenvalue weighted by molar-refractivity contribution is 5.68. The lowest BCUT2D eigenvalue weighted by molar-refractivity contribution is 0.0575. The molecule has 0 aromatic carbocycles. The maximum atomic E-state index is 11.6. The van der Waals surface area contributed by atoms with Gasteiger partial charge in [0.05, 0.1) is 25.9 Å². The number of amides is 1. The van der Waals surface area contributed by atoms with Crippen molar-refractivity contribution < 1.29 is 19.4 Å². The fraction of sp³-hybridized carbons (Fsp3) is 0.909. The number of methoxy groups -OCH3 is 1. The number of nitrogens with zero attached hydrogens (tertiary/aromatic N) is 1. The van der Waals surface area contributed by atoms with E-state index in [4.69, 9.17) is 9.47 Å². The van der Waals surface area contributed by atoms with Gasteiger partial charge in [-0.15, -0.1) is 0 Å². The quantitative estimate of drug-likeness (QED) is 0.754. The van der Waals surface area contributed by atoms with Crippen molar-refractivity contribution in [2.75, 3.05) is 20.3 Å². The summed E-state index contributed by atoms with van der Waals surface area (Å²) in [6.45, 7) is 3.07. The number of fused-ring (bicyclic) bond motifs is 1. The number of hydrogen-bond donors (Lipinski definition) is 1. The van der Waals surface area contributed by atoms with Crippen LogP contribution in [-0.2, 0) is 9.47 Å². The van der Waals surface area contributed by atoms with Crippen molar-refractivity contribution in [3.05, 3.63) is 0 Å². The van der Waals surface area contributed by atoms with Crippen molar-refractivity contribution in [3.8, 4) is 0 Å². The zero-order valence-electron chi connectivity index (χ0n) is 9.76. The van der Waals surface area contributed by atoms with Gasteiger partial charge in [0, 0.05) is 12.5 Å². The van der Waals surface area contributed by atoms with Gasteiger partial charge in [-0.1, -0.05) is 13.3 Å². The zero-order valence-corrected chi connectivity index (χ0v) is 9.76. The molecule has 0 aromatic rings. The maximum absolute atomic E-state index is 11.6. The molecular weight excluding hydrogens is 210 g/mol. The van der Waals surface area contributed by atoms with Crippen LogP contribution < -0.4 is 0 Å². The molecule has 0 bridgehead atoms. The predicted octanol–water partition coefficient (Wildman–Crippen LogP) is 0.613. The smallest absolute Gasteiger partial charge is 0.409 e. The summed E-state index contributed by atoms with van der Waals surface area (Å²) in [6.07, 6.45) is 1.11. The van der Waals surface area contributed by atoms with Crippen LogP contribution in [0, 0.1) is 5.92 Å². The van der Waals surface area contributed by atoms with Gasteiger partial charge < -0.3 is 14.6 Å². The molecule has 16 heavy (non-hydrogen) atoms. The second kappa shape index (κ2) is 4.59. The predicted molar refractivity (Wildman–Crippen MR) is 57.0 cm³/mol. The summed E-state index contributed by atoms with van der Waals surface area (Å²) < 4.78 is 10.3. The Morgan fingerprint density at radius 2 is 2.38 bits per heavy atom. The van der Waals surface area contributed by atoms with E-state index in [0.717, 1.165) is 12.8 Å². The number of rotatable bonds is 2. The normalized spacial score (nSPS) is 37.6. The number of carbonyl (C=O) groups is 1. The van der Waals surface area contributed by atoms with Crippen LogP contribution in [0.2, 0.25) is 0 Å². The Kier molecular flexibility index (Phi) is 3.35. The number of hydrogen-bond acceptors (Lipinski definition) is 4. The molecule has 2 fully saturated rings. The minimum atomic E-state index is -0.578. The van der Waals surface area contributed by atoms with Crippen molar-refractivity contribution in [2.24, 2.45) is 5.92 Å². The molecule has 2 heterocycles. The third-order valence-electron chi connectivity index (χ3n) is 3.51. The largest absolute Gasteiger partial charge is 0.453 e. The van der Waals surface area contributed by atoms with Gasteiger partial charge in [-0.2, -0.15) is 0 Å². The van der Waals surface area contributed by atoms with Gasteiger partial charge in [-0.25, -0.2) is 4.79 Å². The molecule has 5 heteroatoms. The molecule has 0 aliphatic carbocycles. The first kappa shape index (κ1) is 11.7. The second-order valence-corrected chi connectivity index (χ2v) is 4.53. The van der Waals surface area contributed by atoms with E-state index in [1.54, 1.807) is 4.90 Å². The average Bonchev–Trinajstić information content (AvgIpc) is 2.81. The molecule has 2 rings (SSSR count). The molecule has 0 spiro atoms. The molecule has 4 atom stereocenters. The molecule has 0 saturated carbocycles. The van der Waals surface area contributed by atoms with Crippen molar-refractivity contribution in [3.63, 3.8) is 0 Å². The molecule has 92 valence electrons. The molecule has 1 amide bonds. The molecule has 2 aliphatic rings. The van der Waals surface area contributed by atoms with Crippen molar-refractivity contribution >= 4 is 6.09 Å². The van der Waals surface area contributed by atoms with E-state index in [0.29, 0.717) is 19.1 Å². The summed E-state index contributed by atoms with van der Waals surface area (Å²) in [5.41, 5.74) is 0. The van der Waals surface area contributed by atoms with E-state index in [1.807, 2.05) is 0 Å². The van der Waals surface area contributed by atoms with Gasteiger partial charge >= 0.3 is 6.09 Å². The third-order valence-corrected chi connectivity index (χ3v) is 3.51. The van der Waals surface area contributed by atoms with Crippen LogP contribution in [0.5, 0.6) is 0 Å². The van der Waals surface area contributed by atoms with E-state index >= 15 is 0 Å². The van der Waals surface area contributed by atoms with Crippen molar-refractivity contribution in [2.45, 2.75) is 38.0 Å². The SMILES string of the molecule is CCCC1CN(C(=O)OC)C2C(O)COC12. The maximum Gasteiger partial charge on any atom is 0.409 e. The first-order valence-corrected chi connectivity index (χ1v) is 5.83. The molecular formula is C11H19NO4. The highest BCUT2D eigenvalue weighted by Gasteiger charge is 2.51. The van der Waals surface area contributed by atoms with E-state index in [9.17, 15) is 9.90 Å². The summed E-state index contributed by atoms with van der Waals surface area (Å²) in [5, 5.41) is 9.83. The van der Waals surface area contributed by atoms with Gasteiger partial charge in [0.1, 0.15) is 6.10 Å². The topological polar surface area (TPSA) is 59.0 Å². The standard InChI is InChI=1S/C11H19NO4/c1-3-4-7-5-12(11(14)15-2)9-8(13)6-16-10(7)9/h7-10,13H,3-6H2,1-2H3. The summed E-state index contributed by atoms with van der Waals surface area (Å²) in [6, 6.07) is -0.219. The number of aliphatic hydroxyl groups is 1. The zero-order chi connectivity index (χ0) is 11.7. The van der Waals surface area contributed by atoms with Gasteiger partial charge in [0.15, 0.2) is 0 Å². The highest BCUT2D eigenvalue weighted by atomic mass is 16.5. The fourth-order valence-electron chi connectivity index (χ4n) is 2.84. The Morgan fingerprint density at radius 3 is 3.00 bits per heavy atom. The summed E-state index contributed by atoms with van der Waals surface area (Å²) in [5.74, 6) is 0.325. The third kappa shape index (κ3) is 1.78. The van der Waals surface area contributed by atoms with Gasteiger partial charge in [-0.05, 0) is 6.42 Å². The highest BCUT2D eigenvalue weighted by Crippen LogP contribution is 2.36. The molecule has 5 nitrogen and oxygen atoms in total. The second-order valence-electron chi connectivity index (χ2n) is 4.53. The van der Waals surface area contributed by atoms with E-state index in [1.165, 1.54) is 7.11 Å². The summed E-state index contributed by atoms with van der Waals surface area (Å²) in [4.78, 5) is 13.2. The summed E-state index contributed by atoms with van der Waals surface area (Å²) >= 11 is 0. The molecule has 0 radical (unpaired) electrons. The molecule has 2 saturated heterocycles. The Bertz CT molecular complexity index is 271. The van der Waals surface area contributed by atoms with Crippen LogP contribution >= 0.6 is 0 Å². The van der Waals surface area contributed by atoms with Gasteiger partial charge in [0.25, 0.3) is 0 Å². The minimum absolute atomic E-state index is 0.0194. The van der Waals surface area contributed by atoms with Crippen LogP contribution in [-0.4, -0.2) is 54.6 Å². The number of ether oxygens (including phenoxy) is 2. The fourth-order valence-corrected chi connectivity index (χ4v) is 2.84. The Balaban J connectivity index is 2.12. The van der Waals surface area contributed by atoms with E-state index < -0.39 is 6.10 Å². The lowest BCUT2D eigenvalue weighted by Gasteiger charge is -2.23. The van der Waals surface area contributed by atoms with Crippen molar-refractivity contribution in [1.29, 1.82) is 0 Å². The van der Waals surface area contributed by atoms with Crippen LogP contribution in [0.1, 0.15) is 19.8 Å². The van der Waals surface area contributed by atoms with Gasteiger partial charge in [-0.3, -0.25) is 4.90 Å². The van der Waals surface area contributed by atoms with Crippen LogP contribution in [0.15, 0.2) is 0 Å². The Hall–Kier alpha value is -0.810. The average molecular weight is 229 g/mol. The molecule has 1 N–H and O–H groups in total. The Morgan fingerprint density at radius 1 is 1.62 bits per heavy atom. The van der Waals surface area contributed by atoms with Gasteiger partial charge in [0.2, 0.25) is 0 Å². The lowest BCUT2D eigenvalue weighted by atomic mass is 9.97. The van der Waals surface area contributed by atoms with Crippen LogP contribution in [0.3, 0.4) is 0 Å². The number of carbonyl (C=O) groups excluding carboxylic acids is 1. The monoisotopic (exact) mass is 229 g/mol.